The predicted molar refractivity (Wildman–Crippen MR) is 72.0 cm³/mol. The molecule has 6 nitrogen and oxygen atoms in total. The number of phenolic OH excluding ortho intramolecular Hbond substituents is 1. The average Bonchev–Trinajstić information content (AvgIpc) is 2.42. The number of pyridine rings is 1. The molecule has 0 aliphatic heterocycles. The molecule has 0 atom stereocenters. The zero-order chi connectivity index (χ0) is 14.7. The molecule has 0 saturated heterocycles. The van der Waals surface area contributed by atoms with E-state index in [1.165, 1.54) is 30.6 Å². The third kappa shape index (κ3) is 2.92. The van der Waals surface area contributed by atoms with Crippen molar-refractivity contribution in [1.82, 2.24) is 4.98 Å². The van der Waals surface area contributed by atoms with Crippen molar-refractivity contribution in [3.63, 3.8) is 0 Å². The Labute approximate surface area is 114 Å². The minimum atomic E-state index is -1.12. The highest BCUT2D eigenvalue weighted by Crippen LogP contribution is 2.18. The van der Waals surface area contributed by atoms with E-state index < -0.39 is 11.9 Å². The fourth-order valence-electron chi connectivity index (χ4n) is 1.63. The van der Waals surface area contributed by atoms with Crippen molar-refractivity contribution in [2.75, 3.05) is 5.32 Å². The van der Waals surface area contributed by atoms with Crippen LogP contribution in [0, 0.1) is 6.92 Å². The van der Waals surface area contributed by atoms with Crippen LogP contribution >= 0.6 is 0 Å². The first-order chi connectivity index (χ1) is 9.47. The lowest BCUT2D eigenvalue weighted by molar-refractivity contribution is 0.0696. The molecule has 0 unspecified atom stereocenters. The molecule has 6 heteroatoms. The summed E-state index contributed by atoms with van der Waals surface area (Å²) in [5, 5.41) is 20.8. The van der Waals surface area contributed by atoms with Gasteiger partial charge in [0.1, 0.15) is 5.75 Å². The summed E-state index contributed by atoms with van der Waals surface area (Å²) < 4.78 is 0. The van der Waals surface area contributed by atoms with E-state index in [-0.39, 0.29) is 11.3 Å². The zero-order valence-electron chi connectivity index (χ0n) is 10.6. The van der Waals surface area contributed by atoms with Crippen LogP contribution in [0.1, 0.15) is 26.3 Å². The van der Waals surface area contributed by atoms with Crippen molar-refractivity contribution in [2.45, 2.75) is 6.92 Å². The van der Waals surface area contributed by atoms with Gasteiger partial charge in [-0.05, 0) is 36.8 Å². The Bertz CT molecular complexity index is 683. The van der Waals surface area contributed by atoms with Crippen LogP contribution in [0.15, 0.2) is 36.7 Å². The number of rotatable bonds is 3. The van der Waals surface area contributed by atoms with E-state index in [1.807, 2.05) is 0 Å². The second-order valence-electron chi connectivity index (χ2n) is 4.22. The molecule has 3 N–H and O–H groups in total. The topological polar surface area (TPSA) is 99.5 Å². The van der Waals surface area contributed by atoms with Gasteiger partial charge in [-0.25, -0.2) is 4.79 Å². The van der Waals surface area contributed by atoms with Gasteiger partial charge in [0, 0.05) is 11.8 Å². The highest BCUT2D eigenvalue weighted by atomic mass is 16.4. The number of aromatic carboxylic acids is 1. The van der Waals surface area contributed by atoms with Gasteiger partial charge >= 0.3 is 5.97 Å². The van der Waals surface area contributed by atoms with E-state index in [0.29, 0.717) is 16.8 Å². The first kappa shape index (κ1) is 13.5. The Morgan fingerprint density at radius 3 is 2.55 bits per heavy atom. The van der Waals surface area contributed by atoms with Gasteiger partial charge in [0.15, 0.2) is 0 Å². The van der Waals surface area contributed by atoms with Gasteiger partial charge in [-0.15, -0.1) is 0 Å². The highest BCUT2D eigenvalue weighted by molar-refractivity contribution is 6.04. The second kappa shape index (κ2) is 5.40. The summed E-state index contributed by atoms with van der Waals surface area (Å²) in [4.78, 5) is 26.6. The normalized spacial score (nSPS) is 10.1. The van der Waals surface area contributed by atoms with Crippen molar-refractivity contribution in [2.24, 2.45) is 0 Å². The molecule has 20 heavy (non-hydrogen) atoms. The van der Waals surface area contributed by atoms with Crippen LogP contribution in [-0.2, 0) is 0 Å². The Morgan fingerprint density at radius 1 is 1.15 bits per heavy atom. The molecular weight excluding hydrogens is 260 g/mol. The Hall–Kier alpha value is -2.89. The summed E-state index contributed by atoms with van der Waals surface area (Å²) in [5.74, 6) is -1.41. The smallest absolute Gasteiger partial charge is 0.337 e. The number of nitrogens with one attached hydrogen (secondary N) is 1. The number of carbonyl (C=O) groups is 2. The number of aromatic nitrogens is 1. The number of nitrogens with zero attached hydrogens (tertiary/aromatic N) is 1. The quantitative estimate of drug-likeness (QED) is 0.794. The van der Waals surface area contributed by atoms with E-state index in [4.69, 9.17) is 5.11 Å². The van der Waals surface area contributed by atoms with Crippen LogP contribution < -0.4 is 5.32 Å². The summed E-state index contributed by atoms with van der Waals surface area (Å²) in [6.07, 6.45) is 2.56. The lowest BCUT2D eigenvalue weighted by Gasteiger charge is -2.07. The maximum atomic E-state index is 12.0. The third-order valence-electron chi connectivity index (χ3n) is 2.70. The number of aryl methyl sites for hydroxylation is 1. The molecule has 0 saturated carbocycles. The summed E-state index contributed by atoms with van der Waals surface area (Å²) >= 11 is 0. The maximum absolute atomic E-state index is 12.0. The standard InChI is InChI=1S/C14H12N2O4/c1-8-4-9(2-3-12(8)17)13(18)16-11-5-10(14(19)20)6-15-7-11/h2-7,17H,1H3,(H,16,18)(H,19,20). The molecule has 1 aromatic heterocycles. The van der Waals surface area contributed by atoms with Crippen molar-refractivity contribution < 1.29 is 19.8 Å². The van der Waals surface area contributed by atoms with Gasteiger partial charge in [-0.2, -0.15) is 0 Å². The maximum Gasteiger partial charge on any atom is 0.337 e. The first-order valence-corrected chi connectivity index (χ1v) is 5.76. The SMILES string of the molecule is Cc1cc(C(=O)Nc2cncc(C(=O)O)c2)ccc1O. The highest BCUT2D eigenvalue weighted by Gasteiger charge is 2.10. The second-order valence-corrected chi connectivity index (χ2v) is 4.22. The molecule has 0 bridgehead atoms. The largest absolute Gasteiger partial charge is 0.508 e. The van der Waals surface area contributed by atoms with Gasteiger partial charge in [0.05, 0.1) is 17.4 Å². The lowest BCUT2D eigenvalue weighted by atomic mass is 10.1. The monoisotopic (exact) mass is 272 g/mol. The Kier molecular flexibility index (Phi) is 3.65. The molecule has 2 aromatic rings. The van der Waals surface area contributed by atoms with E-state index in [2.05, 4.69) is 10.3 Å². The van der Waals surface area contributed by atoms with Crippen LogP contribution in [0.5, 0.6) is 5.75 Å². The van der Waals surface area contributed by atoms with E-state index in [1.54, 1.807) is 13.0 Å². The molecule has 0 aliphatic rings. The van der Waals surface area contributed by atoms with Crippen LogP contribution in [0.25, 0.3) is 0 Å². The number of amides is 1. The minimum Gasteiger partial charge on any atom is -0.508 e. The predicted octanol–water partition coefficient (Wildman–Crippen LogP) is 2.05. The Morgan fingerprint density at radius 2 is 1.90 bits per heavy atom. The van der Waals surface area contributed by atoms with Crippen LogP contribution in [-0.4, -0.2) is 27.1 Å². The number of benzene rings is 1. The number of phenols is 1. The van der Waals surface area contributed by atoms with Gasteiger partial charge in [-0.1, -0.05) is 0 Å². The number of hydrogen-bond acceptors (Lipinski definition) is 4. The molecule has 102 valence electrons. The van der Waals surface area contributed by atoms with E-state index >= 15 is 0 Å². The van der Waals surface area contributed by atoms with Gasteiger partial charge < -0.3 is 15.5 Å². The van der Waals surface area contributed by atoms with Crippen LogP contribution in [0.4, 0.5) is 5.69 Å². The third-order valence-corrected chi connectivity index (χ3v) is 2.70. The van der Waals surface area contributed by atoms with Gasteiger partial charge in [0.25, 0.3) is 5.91 Å². The zero-order valence-corrected chi connectivity index (χ0v) is 10.6. The fourth-order valence-corrected chi connectivity index (χ4v) is 1.63. The number of anilines is 1. The van der Waals surface area contributed by atoms with Crippen molar-refractivity contribution in [1.29, 1.82) is 0 Å². The molecule has 1 heterocycles. The van der Waals surface area contributed by atoms with Crippen LogP contribution in [0.2, 0.25) is 0 Å². The molecule has 0 radical (unpaired) electrons. The van der Waals surface area contributed by atoms with Crippen molar-refractivity contribution in [3.05, 3.63) is 53.3 Å². The van der Waals surface area contributed by atoms with E-state index in [0.717, 1.165) is 0 Å². The van der Waals surface area contributed by atoms with E-state index in [9.17, 15) is 14.7 Å². The van der Waals surface area contributed by atoms with Crippen LogP contribution in [0.3, 0.4) is 0 Å². The van der Waals surface area contributed by atoms with Gasteiger partial charge in [-0.3, -0.25) is 9.78 Å². The van der Waals surface area contributed by atoms with Gasteiger partial charge in [0.2, 0.25) is 0 Å². The molecular formula is C14H12N2O4. The molecule has 1 amide bonds. The molecule has 0 fully saturated rings. The lowest BCUT2D eigenvalue weighted by Crippen LogP contribution is -2.12. The molecule has 0 aliphatic carbocycles. The number of aromatic hydroxyl groups is 1. The van der Waals surface area contributed by atoms with Crippen molar-refractivity contribution in [3.8, 4) is 5.75 Å². The first-order valence-electron chi connectivity index (χ1n) is 5.76. The molecule has 0 spiro atoms. The number of hydrogen-bond donors (Lipinski definition) is 3. The number of carboxylic acids is 1. The average molecular weight is 272 g/mol. The Balaban J connectivity index is 2.21. The number of carboxylic acid groups (broad SMARTS) is 1. The van der Waals surface area contributed by atoms with Crippen molar-refractivity contribution >= 4 is 17.6 Å². The molecule has 2 rings (SSSR count). The summed E-state index contributed by atoms with van der Waals surface area (Å²) in [6, 6.07) is 5.77. The summed E-state index contributed by atoms with van der Waals surface area (Å²) in [5.41, 5.74) is 1.22. The summed E-state index contributed by atoms with van der Waals surface area (Å²) in [7, 11) is 0. The summed E-state index contributed by atoms with van der Waals surface area (Å²) in [6.45, 7) is 1.68. The molecule has 1 aromatic carbocycles. The minimum absolute atomic E-state index is 0.00955. The fraction of sp³-hybridized carbons (Fsp3) is 0.0714. The number of carbonyl (C=O) groups excluding carboxylic acids is 1.